The standard InChI is InChI=1S/C11H12FN3O2/c12-10-3-1-9(2-4-10)7-14-6-5-13-11(14)8-15(16)17/h1-4,8,13H,5-7H2. The van der Waals surface area contributed by atoms with Crippen molar-refractivity contribution < 1.29 is 9.31 Å². The largest absolute Gasteiger partial charge is 0.365 e. The van der Waals surface area contributed by atoms with Crippen molar-refractivity contribution in [1.82, 2.24) is 10.2 Å². The molecule has 90 valence electrons. The molecule has 1 aliphatic rings. The van der Waals surface area contributed by atoms with Gasteiger partial charge in [-0.15, -0.1) is 0 Å². The Labute approximate surface area is 97.7 Å². The van der Waals surface area contributed by atoms with E-state index in [1.54, 1.807) is 12.1 Å². The third-order valence-corrected chi connectivity index (χ3v) is 2.54. The topological polar surface area (TPSA) is 58.4 Å². The van der Waals surface area contributed by atoms with Gasteiger partial charge in [0.2, 0.25) is 0 Å². The molecule has 2 rings (SSSR count). The summed E-state index contributed by atoms with van der Waals surface area (Å²) < 4.78 is 12.7. The molecule has 0 amide bonds. The molecule has 0 spiro atoms. The molecule has 1 saturated heterocycles. The van der Waals surface area contributed by atoms with Crippen LogP contribution in [0.5, 0.6) is 0 Å². The van der Waals surface area contributed by atoms with Crippen LogP contribution in [0.25, 0.3) is 0 Å². The lowest BCUT2D eigenvalue weighted by Gasteiger charge is -2.16. The van der Waals surface area contributed by atoms with Crippen LogP contribution in [0.1, 0.15) is 5.56 Å². The summed E-state index contributed by atoms with van der Waals surface area (Å²) in [7, 11) is 0. The van der Waals surface area contributed by atoms with Crippen LogP contribution >= 0.6 is 0 Å². The molecule has 6 heteroatoms. The van der Waals surface area contributed by atoms with E-state index >= 15 is 0 Å². The fourth-order valence-corrected chi connectivity index (χ4v) is 1.75. The molecule has 1 fully saturated rings. The van der Waals surface area contributed by atoms with E-state index in [9.17, 15) is 14.5 Å². The molecule has 0 radical (unpaired) electrons. The minimum Gasteiger partial charge on any atom is -0.365 e. The molecule has 1 heterocycles. The first-order valence-corrected chi connectivity index (χ1v) is 5.24. The summed E-state index contributed by atoms with van der Waals surface area (Å²) in [5.74, 6) is 0.216. The highest BCUT2D eigenvalue weighted by Gasteiger charge is 2.19. The van der Waals surface area contributed by atoms with Crippen molar-refractivity contribution in [2.45, 2.75) is 6.54 Å². The van der Waals surface area contributed by atoms with E-state index in [1.165, 1.54) is 12.1 Å². The van der Waals surface area contributed by atoms with Gasteiger partial charge in [-0.25, -0.2) is 4.39 Å². The molecule has 1 N–H and O–H groups in total. The molecule has 17 heavy (non-hydrogen) atoms. The van der Waals surface area contributed by atoms with Gasteiger partial charge >= 0.3 is 0 Å². The maximum atomic E-state index is 12.7. The Morgan fingerprint density at radius 2 is 2.18 bits per heavy atom. The monoisotopic (exact) mass is 237 g/mol. The number of benzene rings is 1. The second kappa shape index (κ2) is 4.82. The highest BCUT2D eigenvalue weighted by atomic mass is 19.1. The van der Waals surface area contributed by atoms with Crippen LogP contribution in [-0.4, -0.2) is 22.9 Å². The summed E-state index contributed by atoms with van der Waals surface area (Å²) in [4.78, 5) is 11.8. The summed E-state index contributed by atoms with van der Waals surface area (Å²) in [6.07, 6.45) is 0.955. The van der Waals surface area contributed by atoms with Crippen LogP contribution in [-0.2, 0) is 6.54 Å². The van der Waals surface area contributed by atoms with E-state index in [4.69, 9.17) is 0 Å². The quantitative estimate of drug-likeness (QED) is 0.636. The highest BCUT2D eigenvalue weighted by Crippen LogP contribution is 2.13. The van der Waals surface area contributed by atoms with E-state index in [0.717, 1.165) is 11.8 Å². The molecule has 0 aromatic heterocycles. The predicted octanol–water partition coefficient (Wildman–Crippen LogP) is 1.31. The van der Waals surface area contributed by atoms with E-state index in [1.807, 2.05) is 4.90 Å². The van der Waals surface area contributed by atoms with Crippen LogP contribution in [0.3, 0.4) is 0 Å². The second-order valence-corrected chi connectivity index (χ2v) is 3.77. The lowest BCUT2D eigenvalue weighted by atomic mass is 10.2. The van der Waals surface area contributed by atoms with Gasteiger partial charge in [-0.1, -0.05) is 12.1 Å². The van der Waals surface area contributed by atoms with Gasteiger partial charge in [-0.2, -0.15) is 0 Å². The zero-order valence-corrected chi connectivity index (χ0v) is 9.10. The molecule has 0 bridgehead atoms. The Balaban J connectivity index is 2.07. The summed E-state index contributed by atoms with van der Waals surface area (Å²) in [5, 5.41) is 13.4. The number of hydrogen-bond acceptors (Lipinski definition) is 4. The van der Waals surface area contributed by atoms with Gasteiger partial charge < -0.3 is 10.2 Å². The van der Waals surface area contributed by atoms with Crippen LogP contribution in [0.4, 0.5) is 4.39 Å². The normalized spacial score (nSPS) is 17.2. The van der Waals surface area contributed by atoms with Crippen LogP contribution in [0.15, 0.2) is 36.3 Å². The van der Waals surface area contributed by atoms with E-state index in [0.29, 0.717) is 25.5 Å². The fourth-order valence-electron chi connectivity index (χ4n) is 1.75. The van der Waals surface area contributed by atoms with Gasteiger partial charge in [-0.05, 0) is 17.7 Å². The SMILES string of the molecule is O=[N+]([O-])C=C1NCCN1Cc1ccc(F)cc1. The Morgan fingerprint density at radius 3 is 2.82 bits per heavy atom. The van der Waals surface area contributed by atoms with Crippen molar-refractivity contribution >= 4 is 0 Å². The zero-order valence-electron chi connectivity index (χ0n) is 9.10. The Kier molecular flexibility index (Phi) is 3.22. The van der Waals surface area contributed by atoms with Gasteiger partial charge in [0, 0.05) is 19.6 Å². The average Bonchev–Trinajstić information content (AvgIpc) is 2.68. The molecule has 1 aliphatic heterocycles. The van der Waals surface area contributed by atoms with Crippen molar-refractivity contribution in [2.75, 3.05) is 13.1 Å². The first-order chi connectivity index (χ1) is 8.15. The first-order valence-electron chi connectivity index (χ1n) is 5.24. The maximum Gasteiger partial charge on any atom is 0.274 e. The minimum absolute atomic E-state index is 0.283. The minimum atomic E-state index is -0.481. The van der Waals surface area contributed by atoms with Gasteiger partial charge in [-0.3, -0.25) is 10.1 Å². The Hall–Kier alpha value is -2.11. The predicted molar refractivity (Wildman–Crippen MR) is 59.9 cm³/mol. The van der Waals surface area contributed by atoms with Crippen molar-refractivity contribution in [2.24, 2.45) is 0 Å². The smallest absolute Gasteiger partial charge is 0.274 e. The number of hydrogen-bond donors (Lipinski definition) is 1. The second-order valence-electron chi connectivity index (χ2n) is 3.77. The zero-order chi connectivity index (χ0) is 12.3. The summed E-state index contributed by atoms with van der Waals surface area (Å²) >= 11 is 0. The third-order valence-electron chi connectivity index (χ3n) is 2.54. The molecule has 0 aliphatic carbocycles. The van der Waals surface area contributed by atoms with Crippen LogP contribution in [0, 0.1) is 15.9 Å². The van der Waals surface area contributed by atoms with Crippen molar-refractivity contribution in [1.29, 1.82) is 0 Å². The number of nitro groups is 1. The van der Waals surface area contributed by atoms with E-state index in [-0.39, 0.29) is 5.82 Å². The molecule has 0 saturated carbocycles. The Bertz CT molecular complexity index is 445. The lowest BCUT2D eigenvalue weighted by molar-refractivity contribution is -0.404. The van der Waals surface area contributed by atoms with Gasteiger partial charge in [0.05, 0.1) is 4.92 Å². The van der Waals surface area contributed by atoms with Crippen molar-refractivity contribution in [3.63, 3.8) is 0 Å². The highest BCUT2D eigenvalue weighted by molar-refractivity contribution is 5.17. The summed E-state index contributed by atoms with van der Waals surface area (Å²) in [6, 6.07) is 6.13. The fraction of sp³-hybridized carbons (Fsp3) is 0.273. The first kappa shape index (κ1) is 11.4. The number of rotatable bonds is 3. The van der Waals surface area contributed by atoms with E-state index in [2.05, 4.69) is 5.32 Å². The molecule has 5 nitrogen and oxygen atoms in total. The van der Waals surface area contributed by atoms with Crippen molar-refractivity contribution in [3.8, 4) is 0 Å². The average molecular weight is 237 g/mol. The molecule has 1 aromatic carbocycles. The number of nitrogens with one attached hydrogen (secondary N) is 1. The maximum absolute atomic E-state index is 12.7. The third kappa shape index (κ3) is 2.93. The van der Waals surface area contributed by atoms with Gasteiger partial charge in [0.15, 0.2) is 5.82 Å². The Morgan fingerprint density at radius 1 is 1.47 bits per heavy atom. The van der Waals surface area contributed by atoms with Crippen LogP contribution < -0.4 is 5.32 Å². The molecule has 0 unspecified atom stereocenters. The molecular weight excluding hydrogens is 225 g/mol. The summed E-state index contributed by atoms with van der Waals surface area (Å²) in [6.45, 7) is 1.92. The van der Waals surface area contributed by atoms with Gasteiger partial charge in [0.1, 0.15) is 5.82 Å². The lowest BCUT2D eigenvalue weighted by Crippen LogP contribution is -2.20. The van der Waals surface area contributed by atoms with E-state index < -0.39 is 4.92 Å². The van der Waals surface area contributed by atoms with Crippen molar-refractivity contribution in [3.05, 3.63) is 57.8 Å². The number of nitrogens with zero attached hydrogens (tertiary/aromatic N) is 2. The van der Waals surface area contributed by atoms with Crippen LogP contribution in [0.2, 0.25) is 0 Å². The molecular formula is C11H12FN3O2. The van der Waals surface area contributed by atoms with Gasteiger partial charge in [0.25, 0.3) is 6.20 Å². The molecule has 0 atom stereocenters. The summed E-state index contributed by atoms with van der Waals surface area (Å²) in [5.41, 5.74) is 0.921. The molecule has 1 aromatic rings. The number of halogens is 1.